The molecule has 0 spiro atoms. The van der Waals surface area contributed by atoms with Crippen LogP contribution >= 0.6 is 0 Å². The van der Waals surface area contributed by atoms with Crippen molar-refractivity contribution in [2.45, 2.75) is 25.8 Å². The molecule has 1 N–H and O–H groups in total. The summed E-state index contributed by atoms with van der Waals surface area (Å²) in [6, 6.07) is 5.57. The molecule has 1 aliphatic carbocycles. The van der Waals surface area contributed by atoms with E-state index < -0.39 is 0 Å². The molecule has 1 aromatic rings. The third-order valence-corrected chi connectivity index (χ3v) is 3.72. The Balaban J connectivity index is 2.30. The highest BCUT2D eigenvalue weighted by Gasteiger charge is 2.31. The minimum atomic E-state index is -0.347. The minimum Gasteiger partial charge on any atom is -0.388 e. The molecule has 1 aromatic carbocycles. The number of hydrogen-bond acceptors (Lipinski definition) is 4. The van der Waals surface area contributed by atoms with Crippen molar-refractivity contribution < 1.29 is 4.92 Å². The second-order valence-electron chi connectivity index (χ2n) is 4.93. The zero-order valence-electron chi connectivity index (χ0n) is 11.0. The molecule has 1 unspecified atom stereocenters. The first-order valence-corrected chi connectivity index (χ1v) is 6.23. The lowest BCUT2D eigenvalue weighted by atomic mass is 10.1. The summed E-state index contributed by atoms with van der Waals surface area (Å²) in [5, 5.41) is 13.9. The van der Waals surface area contributed by atoms with Gasteiger partial charge in [-0.25, -0.2) is 0 Å². The maximum atomic E-state index is 10.9. The summed E-state index contributed by atoms with van der Waals surface area (Å²) in [5.74, 6) is 0.729. The van der Waals surface area contributed by atoms with Gasteiger partial charge in [-0.15, -0.1) is 0 Å². The van der Waals surface area contributed by atoms with Gasteiger partial charge in [0.05, 0.1) is 4.92 Å². The number of nitrogens with zero attached hydrogens (tertiary/aromatic N) is 2. The van der Waals surface area contributed by atoms with E-state index in [1.165, 1.54) is 12.8 Å². The molecule has 1 atom stereocenters. The van der Waals surface area contributed by atoms with E-state index in [4.69, 9.17) is 0 Å². The molecule has 0 saturated heterocycles. The Bertz CT molecular complexity index is 458. The van der Waals surface area contributed by atoms with E-state index in [1.807, 2.05) is 13.1 Å². The zero-order valence-corrected chi connectivity index (χ0v) is 11.0. The van der Waals surface area contributed by atoms with Gasteiger partial charge in [0.25, 0.3) is 5.69 Å². The maximum Gasteiger partial charge on any atom is 0.273 e. The number of nitro benzene ring substituents is 1. The van der Waals surface area contributed by atoms with Gasteiger partial charge in [-0.3, -0.25) is 10.1 Å². The number of hydrogen-bond donors (Lipinski definition) is 1. The average Bonchev–Trinajstić information content (AvgIpc) is 3.20. The Kier molecular flexibility index (Phi) is 3.41. The van der Waals surface area contributed by atoms with Crippen LogP contribution in [0, 0.1) is 16.0 Å². The molecule has 0 bridgehead atoms. The van der Waals surface area contributed by atoms with Crippen LogP contribution in [0.2, 0.25) is 0 Å². The maximum absolute atomic E-state index is 10.9. The van der Waals surface area contributed by atoms with Crippen molar-refractivity contribution in [3.63, 3.8) is 0 Å². The molecule has 0 radical (unpaired) electrons. The predicted octanol–water partition coefficient (Wildman–Crippen LogP) is 2.87. The fourth-order valence-electron chi connectivity index (χ4n) is 2.18. The van der Waals surface area contributed by atoms with Crippen molar-refractivity contribution in [3.05, 3.63) is 28.3 Å². The Morgan fingerprint density at radius 1 is 1.44 bits per heavy atom. The van der Waals surface area contributed by atoms with Crippen molar-refractivity contribution in [2.24, 2.45) is 5.92 Å². The quantitative estimate of drug-likeness (QED) is 0.644. The van der Waals surface area contributed by atoms with Crippen molar-refractivity contribution in [1.29, 1.82) is 0 Å². The number of nitro groups is 1. The van der Waals surface area contributed by atoms with Gasteiger partial charge in [-0.05, 0) is 31.7 Å². The minimum absolute atomic E-state index is 0.131. The fourth-order valence-corrected chi connectivity index (χ4v) is 2.18. The average molecular weight is 249 g/mol. The normalized spacial score (nSPS) is 16.2. The van der Waals surface area contributed by atoms with E-state index in [0.717, 1.165) is 17.3 Å². The summed E-state index contributed by atoms with van der Waals surface area (Å²) < 4.78 is 0. The van der Waals surface area contributed by atoms with Gasteiger partial charge < -0.3 is 10.2 Å². The summed E-state index contributed by atoms with van der Waals surface area (Å²) in [4.78, 5) is 12.7. The molecule has 0 aromatic heterocycles. The standard InChI is InChI=1S/C13H19N3O2/c1-9(10-4-5-10)15(3)12-6-11(14-2)7-13(8-12)16(17)18/h6-10,14H,4-5H2,1-3H3. The first-order chi connectivity index (χ1) is 8.52. The molecule has 98 valence electrons. The Morgan fingerprint density at radius 3 is 2.61 bits per heavy atom. The van der Waals surface area contributed by atoms with Gasteiger partial charge >= 0.3 is 0 Å². The predicted molar refractivity (Wildman–Crippen MR) is 73.2 cm³/mol. The highest BCUT2D eigenvalue weighted by molar-refractivity contribution is 5.64. The Hall–Kier alpha value is -1.78. The highest BCUT2D eigenvalue weighted by atomic mass is 16.6. The van der Waals surface area contributed by atoms with Crippen molar-refractivity contribution >= 4 is 17.1 Å². The molecular formula is C13H19N3O2. The van der Waals surface area contributed by atoms with Gasteiger partial charge in [-0.2, -0.15) is 0 Å². The van der Waals surface area contributed by atoms with Gasteiger partial charge in [0.1, 0.15) is 0 Å². The van der Waals surface area contributed by atoms with E-state index in [-0.39, 0.29) is 10.6 Å². The van der Waals surface area contributed by atoms with Crippen LogP contribution in [0.3, 0.4) is 0 Å². The first kappa shape index (κ1) is 12.7. The van der Waals surface area contributed by atoms with Gasteiger partial charge in [0, 0.05) is 43.6 Å². The van der Waals surface area contributed by atoms with Gasteiger partial charge in [-0.1, -0.05) is 0 Å². The topological polar surface area (TPSA) is 58.4 Å². The summed E-state index contributed by atoms with van der Waals surface area (Å²) in [5.41, 5.74) is 1.80. The molecule has 0 aliphatic heterocycles. The number of anilines is 2. The van der Waals surface area contributed by atoms with Crippen LogP contribution in [-0.4, -0.2) is 25.1 Å². The van der Waals surface area contributed by atoms with Crippen LogP contribution in [0.5, 0.6) is 0 Å². The van der Waals surface area contributed by atoms with Crippen LogP contribution in [-0.2, 0) is 0 Å². The molecular weight excluding hydrogens is 230 g/mol. The summed E-state index contributed by atoms with van der Waals surface area (Å²) in [6.45, 7) is 2.18. The molecule has 1 aliphatic rings. The first-order valence-electron chi connectivity index (χ1n) is 6.23. The van der Waals surface area contributed by atoms with Crippen LogP contribution in [0.25, 0.3) is 0 Å². The van der Waals surface area contributed by atoms with Gasteiger partial charge in [0.15, 0.2) is 0 Å². The zero-order chi connectivity index (χ0) is 13.3. The number of benzene rings is 1. The third kappa shape index (κ3) is 2.55. The van der Waals surface area contributed by atoms with E-state index >= 15 is 0 Å². The monoisotopic (exact) mass is 249 g/mol. The van der Waals surface area contributed by atoms with Crippen molar-refractivity contribution in [3.8, 4) is 0 Å². The molecule has 5 heteroatoms. The third-order valence-electron chi connectivity index (χ3n) is 3.72. The number of nitrogens with one attached hydrogen (secondary N) is 1. The van der Waals surface area contributed by atoms with Crippen LogP contribution < -0.4 is 10.2 Å². The smallest absolute Gasteiger partial charge is 0.273 e. The van der Waals surface area contributed by atoms with Gasteiger partial charge in [0.2, 0.25) is 0 Å². The summed E-state index contributed by atoms with van der Waals surface area (Å²) in [7, 11) is 3.77. The van der Waals surface area contributed by atoms with Crippen molar-refractivity contribution in [1.82, 2.24) is 0 Å². The fraction of sp³-hybridized carbons (Fsp3) is 0.538. The van der Waals surface area contributed by atoms with E-state index in [0.29, 0.717) is 6.04 Å². The molecule has 5 nitrogen and oxygen atoms in total. The van der Waals surface area contributed by atoms with E-state index in [1.54, 1.807) is 19.2 Å². The number of rotatable bonds is 5. The van der Waals surface area contributed by atoms with Crippen molar-refractivity contribution in [2.75, 3.05) is 24.3 Å². The number of non-ortho nitro benzene ring substituents is 1. The second kappa shape index (κ2) is 4.84. The molecule has 2 rings (SSSR count). The highest BCUT2D eigenvalue weighted by Crippen LogP contribution is 2.37. The van der Waals surface area contributed by atoms with E-state index in [9.17, 15) is 10.1 Å². The summed E-state index contributed by atoms with van der Waals surface area (Å²) >= 11 is 0. The molecule has 0 heterocycles. The molecule has 18 heavy (non-hydrogen) atoms. The molecule has 0 amide bonds. The van der Waals surface area contributed by atoms with E-state index in [2.05, 4.69) is 17.1 Å². The SMILES string of the molecule is CNc1cc(N(C)C(C)C2CC2)cc([N+](=O)[O-])c1. The lowest BCUT2D eigenvalue weighted by molar-refractivity contribution is -0.384. The van der Waals surface area contributed by atoms with Crippen LogP contribution in [0.1, 0.15) is 19.8 Å². The second-order valence-corrected chi connectivity index (χ2v) is 4.93. The Morgan fingerprint density at radius 2 is 2.11 bits per heavy atom. The lowest BCUT2D eigenvalue weighted by Crippen LogP contribution is -2.30. The lowest BCUT2D eigenvalue weighted by Gasteiger charge is -2.27. The molecule has 1 saturated carbocycles. The van der Waals surface area contributed by atoms with Crippen LogP contribution in [0.4, 0.5) is 17.1 Å². The largest absolute Gasteiger partial charge is 0.388 e. The van der Waals surface area contributed by atoms with Crippen LogP contribution in [0.15, 0.2) is 18.2 Å². The Labute approximate surface area is 107 Å². The molecule has 1 fully saturated rings. The summed E-state index contributed by atoms with van der Waals surface area (Å²) in [6.07, 6.45) is 2.53.